The summed E-state index contributed by atoms with van der Waals surface area (Å²) >= 11 is 0. The predicted molar refractivity (Wildman–Crippen MR) is 101 cm³/mol. The van der Waals surface area contributed by atoms with E-state index in [-0.39, 0.29) is 16.9 Å². The number of phenolic OH excluding ortho intramolecular Hbond substituents is 1. The standard InChI is InChI=1S/C18H22N4O7/c1-9(15(25)22-21-14(24)8-28-19)18(2,3)20-16(26)12-6-10-4-5-11(23)7-13(10)29-17(12)27/h4-7,9,23H,8,19H2,1-3H3,(H,20,26)(H,21,24)(H,22,25). The number of phenols is 1. The lowest BCUT2D eigenvalue weighted by molar-refractivity contribution is -0.134. The van der Waals surface area contributed by atoms with E-state index in [9.17, 15) is 24.3 Å². The van der Waals surface area contributed by atoms with Crippen LogP contribution in [0.5, 0.6) is 5.75 Å². The molecule has 0 saturated carbocycles. The average Bonchev–Trinajstić information content (AvgIpc) is 2.64. The summed E-state index contributed by atoms with van der Waals surface area (Å²) in [4.78, 5) is 52.4. The molecule has 29 heavy (non-hydrogen) atoms. The van der Waals surface area contributed by atoms with Crippen LogP contribution < -0.4 is 27.7 Å². The zero-order valence-electron chi connectivity index (χ0n) is 16.1. The van der Waals surface area contributed by atoms with Crippen molar-refractivity contribution in [1.29, 1.82) is 0 Å². The molecule has 1 unspecified atom stereocenters. The van der Waals surface area contributed by atoms with Crippen molar-refractivity contribution >= 4 is 28.7 Å². The molecule has 1 aromatic heterocycles. The molecule has 6 N–H and O–H groups in total. The van der Waals surface area contributed by atoms with E-state index in [4.69, 9.17) is 10.3 Å². The second kappa shape index (κ2) is 8.71. The van der Waals surface area contributed by atoms with Crippen LogP contribution in [0.3, 0.4) is 0 Å². The van der Waals surface area contributed by atoms with Gasteiger partial charge in [0.25, 0.3) is 11.8 Å². The first-order valence-corrected chi connectivity index (χ1v) is 8.55. The van der Waals surface area contributed by atoms with Gasteiger partial charge in [-0.25, -0.2) is 10.7 Å². The minimum absolute atomic E-state index is 0.0797. The average molecular weight is 406 g/mol. The first-order chi connectivity index (χ1) is 13.5. The summed E-state index contributed by atoms with van der Waals surface area (Å²) in [6.45, 7) is 4.26. The monoisotopic (exact) mass is 406 g/mol. The summed E-state index contributed by atoms with van der Waals surface area (Å²) in [5, 5.41) is 12.5. The van der Waals surface area contributed by atoms with Gasteiger partial charge in [0, 0.05) is 17.0 Å². The van der Waals surface area contributed by atoms with Gasteiger partial charge in [0.1, 0.15) is 23.5 Å². The number of nitrogens with one attached hydrogen (secondary N) is 3. The van der Waals surface area contributed by atoms with E-state index in [2.05, 4.69) is 21.0 Å². The number of carbonyl (C=O) groups excluding carboxylic acids is 3. The number of aromatic hydroxyl groups is 1. The van der Waals surface area contributed by atoms with E-state index in [1.165, 1.54) is 31.2 Å². The van der Waals surface area contributed by atoms with E-state index >= 15 is 0 Å². The molecule has 11 nitrogen and oxygen atoms in total. The second-order valence-electron chi connectivity index (χ2n) is 6.92. The van der Waals surface area contributed by atoms with Gasteiger partial charge < -0.3 is 14.8 Å². The summed E-state index contributed by atoms with van der Waals surface area (Å²) in [5.74, 6) is 1.91. The van der Waals surface area contributed by atoms with Crippen molar-refractivity contribution in [3.8, 4) is 5.75 Å². The van der Waals surface area contributed by atoms with E-state index < -0.39 is 41.4 Å². The fraction of sp³-hybridized carbons (Fsp3) is 0.333. The Labute approximate surface area is 165 Å². The Morgan fingerprint density at radius 3 is 2.59 bits per heavy atom. The SMILES string of the molecule is CC(C(=O)NNC(=O)CON)C(C)(C)NC(=O)c1cc2ccc(O)cc2oc1=O. The maximum atomic E-state index is 12.6. The zero-order chi connectivity index (χ0) is 21.8. The number of nitrogens with two attached hydrogens (primary N) is 1. The maximum Gasteiger partial charge on any atom is 0.349 e. The molecule has 0 fully saturated rings. The lowest BCUT2D eigenvalue weighted by Gasteiger charge is -2.31. The fourth-order valence-corrected chi connectivity index (χ4v) is 2.41. The molecule has 156 valence electrons. The van der Waals surface area contributed by atoms with Gasteiger partial charge in [0.2, 0.25) is 5.91 Å². The number of hydrogen-bond donors (Lipinski definition) is 5. The third-order valence-corrected chi connectivity index (χ3v) is 4.42. The van der Waals surface area contributed by atoms with Gasteiger partial charge in [-0.05, 0) is 32.0 Å². The molecule has 2 aromatic rings. The Morgan fingerprint density at radius 2 is 1.93 bits per heavy atom. The highest BCUT2D eigenvalue weighted by Gasteiger charge is 2.34. The molecule has 1 heterocycles. The molecule has 1 atom stereocenters. The number of fused-ring (bicyclic) bond motifs is 1. The van der Waals surface area contributed by atoms with Crippen LogP contribution in [0.4, 0.5) is 0 Å². The summed E-state index contributed by atoms with van der Waals surface area (Å²) in [7, 11) is 0. The molecule has 0 saturated heterocycles. The van der Waals surface area contributed by atoms with Crippen molar-refractivity contribution in [2.75, 3.05) is 6.61 Å². The van der Waals surface area contributed by atoms with E-state index in [0.29, 0.717) is 5.39 Å². The topological polar surface area (TPSA) is 173 Å². The van der Waals surface area contributed by atoms with Crippen LogP contribution in [0, 0.1) is 5.92 Å². The molecule has 0 bridgehead atoms. The van der Waals surface area contributed by atoms with Crippen LogP contribution in [0.15, 0.2) is 33.5 Å². The maximum absolute atomic E-state index is 12.6. The zero-order valence-corrected chi connectivity index (χ0v) is 16.1. The van der Waals surface area contributed by atoms with Crippen LogP contribution in [-0.4, -0.2) is 35.0 Å². The van der Waals surface area contributed by atoms with Crippen molar-refractivity contribution in [3.05, 3.63) is 40.2 Å². The highest BCUT2D eigenvalue weighted by atomic mass is 16.6. The molecule has 2 rings (SSSR count). The minimum Gasteiger partial charge on any atom is -0.508 e. The Bertz CT molecular complexity index is 999. The fourth-order valence-electron chi connectivity index (χ4n) is 2.41. The molecule has 0 spiro atoms. The quantitative estimate of drug-likeness (QED) is 0.321. The lowest BCUT2D eigenvalue weighted by Crippen LogP contribution is -2.56. The molecule has 0 radical (unpaired) electrons. The minimum atomic E-state index is -1.09. The van der Waals surface area contributed by atoms with Crippen LogP contribution >= 0.6 is 0 Å². The molecule has 3 amide bonds. The van der Waals surface area contributed by atoms with Crippen LogP contribution in [-0.2, 0) is 14.4 Å². The van der Waals surface area contributed by atoms with Crippen LogP contribution in [0.1, 0.15) is 31.1 Å². The van der Waals surface area contributed by atoms with Crippen molar-refractivity contribution in [2.24, 2.45) is 11.8 Å². The van der Waals surface area contributed by atoms with Gasteiger partial charge >= 0.3 is 5.63 Å². The van der Waals surface area contributed by atoms with Gasteiger partial charge in [0.05, 0.1) is 5.92 Å². The largest absolute Gasteiger partial charge is 0.508 e. The van der Waals surface area contributed by atoms with Crippen LogP contribution in [0.25, 0.3) is 11.0 Å². The summed E-state index contributed by atoms with van der Waals surface area (Å²) in [6, 6.07) is 5.49. The van der Waals surface area contributed by atoms with Gasteiger partial charge in [-0.1, -0.05) is 6.92 Å². The number of benzene rings is 1. The highest BCUT2D eigenvalue weighted by molar-refractivity contribution is 5.97. The molecular weight excluding hydrogens is 384 g/mol. The number of rotatable bonds is 6. The van der Waals surface area contributed by atoms with Gasteiger partial charge in [0.15, 0.2) is 0 Å². The molecule has 1 aromatic carbocycles. The van der Waals surface area contributed by atoms with Gasteiger partial charge in [-0.15, -0.1) is 0 Å². The summed E-state index contributed by atoms with van der Waals surface area (Å²) < 4.78 is 5.08. The van der Waals surface area contributed by atoms with Crippen LogP contribution in [0.2, 0.25) is 0 Å². The van der Waals surface area contributed by atoms with E-state index in [0.717, 1.165) is 0 Å². The number of hydrazine groups is 1. The normalized spacial score (nSPS) is 12.3. The number of hydrogen-bond acceptors (Lipinski definition) is 8. The van der Waals surface area contributed by atoms with Crippen molar-refractivity contribution in [2.45, 2.75) is 26.3 Å². The molecule has 11 heteroatoms. The van der Waals surface area contributed by atoms with Crippen molar-refractivity contribution < 1.29 is 28.7 Å². The predicted octanol–water partition coefficient (Wildman–Crippen LogP) is -0.319. The van der Waals surface area contributed by atoms with Crippen molar-refractivity contribution in [1.82, 2.24) is 16.2 Å². The molecule has 0 aliphatic heterocycles. The number of carbonyl (C=O) groups is 3. The van der Waals surface area contributed by atoms with Gasteiger partial charge in [-0.2, -0.15) is 0 Å². The smallest absolute Gasteiger partial charge is 0.349 e. The Kier molecular flexibility index (Phi) is 6.56. The molecular formula is C18H22N4O7. The Balaban J connectivity index is 2.13. The van der Waals surface area contributed by atoms with Crippen molar-refractivity contribution in [3.63, 3.8) is 0 Å². The molecule has 0 aliphatic carbocycles. The van der Waals surface area contributed by atoms with E-state index in [1.54, 1.807) is 13.8 Å². The second-order valence-corrected chi connectivity index (χ2v) is 6.92. The summed E-state index contributed by atoms with van der Waals surface area (Å²) in [5.41, 5.74) is 2.22. The Hall–Kier alpha value is -3.44. The first-order valence-electron chi connectivity index (χ1n) is 8.55. The third-order valence-electron chi connectivity index (χ3n) is 4.42. The molecule has 0 aliphatic rings. The van der Waals surface area contributed by atoms with Gasteiger partial charge in [-0.3, -0.25) is 30.1 Å². The lowest BCUT2D eigenvalue weighted by atomic mass is 9.88. The Morgan fingerprint density at radius 1 is 1.24 bits per heavy atom. The number of amides is 3. The summed E-state index contributed by atoms with van der Waals surface area (Å²) in [6.07, 6.45) is 0. The van der Waals surface area contributed by atoms with E-state index in [1.807, 2.05) is 0 Å². The third kappa shape index (κ3) is 5.30. The first kappa shape index (κ1) is 21.9. The highest BCUT2D eigenvalue weighted by Crippen LogP contribution is 2.20.